The molecule has 0 saturated carbocycles. The number of aromatic nitrogens is 2. The van der Waals surface area contributed by atoms with Gasteiger partial charge in [-0.15, -0.1) is 0 Å². The van der Waals surface area contributed by atoms with Gasteiger partial charge in [-0.3, -0.25) is 5.10 Å². The fourth-order valence-electron chi connectivity index (χ4n) is 3.38. The summed E-state index contributed by atoms with van der Waals surface area (Å²) in [6.07, 6.45) is -1.42. The van der Waals surface area contributed by atoms with Crippen LogP contribution in [0.3, 0.4) is 0 Å². The second-order valence-electron chi connectivity index (χ2n) is 7.47. The number of fused-ring (bicyclic) bond motifs is 1. The van der Waals surface area contributed by atoms with Crippen molar-refractivity contribution in [3.8, 4) is 28.3 Å². The first kappa shape index (κ1) is 21.1. The molecule has 1 amide bonds. The maximum absolute atomic E-state index is 13.4. The van der Waals surface area contributed by atoms with Crippen LogP contribution in [0.1, 0.15) is 29.9 Å². The number of hydrogen-bond acceptors (Lipinski definition) is 6. The van der Waals surface area contributed by atoms with E-state index in [1.54, 1.807) is 12.1 Å². The smallest absolute Gasteiger partial charge is 0.412 e. The van der Waals surface area contributed by atoms with Crippen molar-refractivity contribution in [2.24, 2.45) is 5.73 Å². The molecule has 164 valence electrons. The number of carbonyl (C=O) groups excluding carboxylic acids is 2. The maximum atomic E-state index is 13.4. The SMILES string of the molecule is Cc1cc(-c2cc3oc(-c4ccc(F)cc4)c(C(=O)OC(N)=O)c3cc2OC(C)C)n[nH]1. The summed E-state index contributed by atoms with van der Waals surface area (Å²) in [5.41, 5.74) is 7.90. The Labute approximate surface area is 182 Å². The van der Waals surface area contributed by atoms with Crippen LogP contribution in [0.4, 0.5) is 9.18 Å². The van der Waals surface area contributed by atoms with Crippen LogP contribution >= 0.6 is 0 Å². The van der Waals surface area contributed by atoms with Crippen molar-refractivity contribution in [2.45, 2.75) is 26.9 Å². The molecule has 0 saturated heterocycles. The highest BCUT2D eigenvalue weighted by Gasteiger charge is 2.27. The lowest BCUT2D eigenvalue weighted by molar-refractivity contribution is 0.0640. The number of primary amides is 1. The van der Waals surface area contributed by atoms with E-state index in [1.165, 1.54) is 24.3 Å². The van der Waals surface area contributed by atoms with Crippen LogP contribution in [0.15, 0.2) is 46.9 Å². The minimum absolute atomic E-state index is 0.0243. The largest absolute Gasteiger partial charge is 0.490 e. The molecule has 2 aromatic heterocycles. The number of halogens is 1. The van der Waals surface area contributed by atoms with Crippen LogP contribution in [0.2, 0.25) is 0 Å². The van der Waals surface area contributed by atoms with Crippen LogP contribution in [-0.4, -0.2) is 28.4 Å². The van der Waals surface area contributed by atoms with Gasteiger partial charge < -0.3 is 19.6 Å². The number of nitrogens with two attached hydrogens (primary N) is 1. The standard InChI is InChI=1S/C23H20FN3O5/c1-11(2)30-18-10-16-19(9-15(18)17-8-12(3)26-27-17)31-21(13-4-6-14(24)7-5-13)20(16)22(28)32-23(25)29/h4-11H,1-3H3,(H2,25,29)(H,26,27). The number of ether oxygens (including phenoxy) is 2. The maximum Gasteiger partial charge on any atom is 0.412 e. The molecule has 0 atom stereocenters. The molecule has 8 nitrogen and oxygen atoms in total. The highest BCUT2D eigenvalue weighted by molar-refractivity contribution is 6.12. The van der Waals surface area contributed by atoms with Gasteiger partial charge in [0.25, 0.3) is 0 Å². The molecule has 0 radical (unpaired) electrons. The normalized spacial score (nSPS) is 11.2. The number of benzene rings is 2. The number of esters is 1. The van der Waals surface area contributed by atoms with Gasteiger partial charge in [-0.1, -0.05) is 0 Å². The molecule has 0 bridgehead atoms. The molecule has 32 heavy (non-hydrogen) atoms. The zero-order valence-corrected chi connectivity index (χ0v) is 17.6. The number of nitrogens with zero attached hydrogens (tertiary/aromatic N) is 1. The predicted octanol–water partition coefficient (Wildman–Crippen LogP) is 4.96. The first-order valence-corrected chi connectivity index (χ1v) is 9.80. The summed E-state index contributed by atoms with van der Waals surface area (Å²) >= 11 is 0. The Hall–Kier alpha value is -4.14. The lowest BCUT2D eigenvalue weighted by atomic mass is 10.0. The quantitative estimate of drug-likeness (QED) is 0.336. The van der Waals surface area contributed by atoms with Crippen LogP contribution in [0, 0.1) is 12.7 Å². The van der Waals surface area contributed by atoms with Gasteiger partial charge in [-0.25, -0.2) is 14.0 Å². The third-order valence-corrected chi connectivity index (χ3v) is 4.64. The fraction of sp³-hybridized carbons (Fsp3) is 0.174. The van der Waals surface area contributed by atoms with Crippen LogP contribution in [0.25, 0.3) is 33.6 Å². The Bertz CT molecular complexity index is 1320. The van der Waals surface area contributed by atoms with E-state index in [0.717, 1.165) is 5.69 Å². The van der Waals surface area contributed by atoms with Crippen molar-refractivity contribution >= 4 is 23.0 Å². The van der Waals surface area contributed by atoms with Gasteiger partial charge in [0.05, 0.1) is 11.8 Å². The zero-order chi connectivity index (χ0) is 23.0. The molecule has 0 fully saturated rings. The molecule has 4 aromatic rings. The number of carbonyl (C=O) groups is 2. The van der Waals surface area contributed by atoms with Gasteiger partial charge in [0.1, 0.15) is 28.5 Å². The van der Waals surface area contributed by atoms with E-state index in [0.29, 0.717) is 33.5 Å². The molecule has 9 heteroatoms. The van der Waals surface area contributed by atoms with Crippen molar-refractivity contribution in [3.63, 3.8) is 0 Å². The van der Waals surface area contributed by atoms with Crippen molar-refractivity contribution in [3.05, 3.63) is 59.5 Å². The van der Waals surface area contributed by atoms with Gasteiger partial charge in [0.15, 0.2) is 0 Å². The zero-order valence-electron chi connectivity index (χ0n) is 17.6. The third kappa shape index (κ3) is 4.04. The van der Waals surface area contributed by atoms with Crippen LogP contribution in [-0.2, 0) is 4.74 Å². The van der Waals surface area contributed by atoms with Crippen molar-refractivity contribution in [1.82, 2.24) is 10.2 Å². The number of nitrogens with one attached hydrogen (secondary N) is 1. The molecular weight excluding hydrogens is 417 g/mol. The minimum atomic E-state index is -1.25. The summed E-state index contributed by atoms with van der Waals surface area (Å²) in [7, 11) is 0. The van der Waals surface area contributed by atoms with Crippen molar-refractivity contribution in [1.29, 1.82) is 0 Å². The summed E-state index contributed by atoms with van der Waals surface area (Å²) in [6, 6.07) is 10.5. The van der Waals surface area contributed by atoms with Gasteiger partial charge in [-0.2, -0.15) is 5.10 Å². The topological polar surface area (TPSA) is 120 Å². The highest BCUT2D eigenvalue weighted by Crippen LogP contribution is 2.41. The van der Waals surface area contributed by atoms with Crippen molar-refractivity contribution < 1.29 is 27.9 Å². The molecule has 3 N–H and O–H groups in total. The summed E-state index contributed by atoms with van der Waals surface area (Å²) in [5.74, 6) is -0.875. The van der Waals surface area contributed by atoms with Crippen LogP contribution < -0.4 is 10.5 Å². The number of aryl methyl sites for hydroxylation is 1. The molecule has 0 unspecified atom stereocenters. The van der Waals surface area contributed by atoms with Gasteiger partial charge in [0, 0.05) is 22.2 Å². The summed E-state index contributed by atoms with van der Waals surface area (Å²) in [5, 5.41) is 7.53. The Morgan fingerprint density at radius 3 is 2.47 bits per heavy atom. The lowest BCUT2D eigenvalue weighted by Crippen LogP contribution is -2.18. The Morgan fingerprint density at radius 2 is 1.88 bits per heavy atom. The summed E-state index contributed by atoms with van der Waals surface area (Å²) < 4.78 is 30.0. The average molecular weight is 437 g/mol. The number of aromatic amines is 1. The Morgan fingerprint density at radius 1 is 1.16 bits per heavy atom. The van der Waals surface area contributed by atoms with E-state index in [2.05, 4.69) is 14.9 Å². The minimum Gasteiger partial charge on any atom is -0.490 e. The molecule has 2 heterocycles. The van der Waals surface area contributed by atoms with E-state index >= 15 is 0 Å². The highest BCUT2D eigenvalue weighted by atomic mass is 19.1. The second kappa shape index (κ2) is 8.18. The van der Waals surface area contributed by atoms with E-state index in [-0.39, 0.29) is 17.4 Å². The van der Waals surface area contributed by atoms with Gasteiger partial charge in [-0.05, 0) is 63.2 Å². The first-order chi connectivity index (χ1) is 15.2. The average Bonchev–Trinajstić information content (AvgIpc) is 3.30. The molecule has 4 rings (SSSR count). The molecule has 2 aromatic carbocycles. The number of rotatable bonds is 5. The Kier molecular flexibility index (Phi) is 5.40. The molecule has 0 aliphatic heterocycles. The predicted molar refractivity (Wildman–Crippen MR) is 115 cm³/mol. The number of H-pyrrole nitrogens is 1. The second-order valence-corrected chi connectivity index (χ2v) is 7.47. The summed E-state index contributed by atoms with van der Waals surface area (Å²) in [4.78, 5) is 24.0. The van der Waals surface area contributed by atoms with Gasteiger partial charge in [0.2, 0.25) is 0 Å². The van der Waals surface area contributed by atoms with E-state index in [4.69, 9.17) is 14.9 Å². The van der Waals surface area contributed by atoms with Crippen LogP contribution in [0.5, 0.6) is 5.75 Å². The molecule has 0 spiro atoms. The molecule has 0 aliphatic rings. The van der Waals surface area contributed by atoms with E-state index in [1.807, 2.05) is 26.8 Å². The molecular formula is C23H20FN3O5. The van der Waals surface area contributed by atoms with E-state index < -0.39 is 17.9 Å². The lowest BCUT2D eigenvalue weighted by Gasteiger charge is -2.13. The fourth-order valence-corrected chi connectivity index (χ4v) is 3.38. The number of furan rings is 1. The van der Waals surface area contributed by atoms with Crippen molar-refractivity contribution in [2.75, 3.05) is 0 Å². The monoisotopic (exact) mass is 437 g/mol. The molecule has 0 aliphatic carbocycles. The van der Waals surface area contributed by atoms with Gasteiger partial charge >= 0.3 is 12.1 Å². The third-order valence-electron chi connectivity index (χ3n) is 4.64. The summed E-state index contributed by atoms with van der Waals surface area (Å²) in [6.45, 7) is 5.60. The number of amides is 1. The Balaban J connectivity index is 1.99. The number of hydrogen-bond donors (Lipinski definition) is 2. The first-order valence-electron chi connectivity index (χ1n) is 9.80. The van der Waals surface area contributed by atoms with E-state index in [9.17, 15) is 14.0 Å².